The molecule has 120 valence electrons. The summed E-state index contributed by atoms with van der Waals surface area (Å²) in [6.07, 6.45) is 3.12. The number of hydrogen-bond acceptors (Lipinski definition) is 3. The van der Waals surface area contributed by atoms with Crippen LogP contribution in [0.3, 0.4) is 0 Å². The Kier molecular flexibility index (Phi) is 3.57. The second kappa shape index (κ2) is 5.60. The molecule has 2 aromatic rings. The lowest BCUT2D eigenvalue weighted by Gasteiger charge is -2.28. The van der Waals surface area contributed by atoms with Gasteiger partial charge >= 0.3 is 0 Å². The Bertz CT molecular complexity index is 784. The largest absolute Gasteiger partial charge is 0.310 e. The van der Waals surface area contributed by atoms with Crippen molar-refractivity contribution in [1.82, 2.24) is 14.9 Å². The zero-order chi connectivity index (χ0) is 16.0. The molecule has 1 N–H and O–H groups in total. The second-order valence-corrected chi connectivity index (χ2v) is 7.11. The molecule has 1 aromatic heterocycles. The first kappa shape index (κ1) is 14.6. The van der Waals surface area contributed by atoms with Gasteiger partial charge in [-0.1, -0.05) is 29.3 Å². The van der Waals surface area contributed by atoms with E-state index < -0.39 is 0 Å². The quantitative estimate of drug-likeness (QED) is 0.948. The molecule has 2 heterocycles. The molecule has 1 aliphatic carbocycles. The third kappa shape index (κ3) is 3.08. The molecule has 0 amide bonds. The van der Waals surface area contributed by atoms with Crippen LogP contribution >= 0.6 is 0 Å². The van der Waals surface area contributed by atoms with Crippen LogP contribution in [0.5, 0.6) is 0 Å². The van der Waals surface area contributed by atoms with Crippen molar-refractivity contribution in [1.29, 1.82) is 0 Å². The van der Waals surface area contributed by atoms with Gasteiger partial charge in [-0.25, -0.2) is 4.98 Å². The van der Waals surface area contributed by atoms with E-state index in [4.69, 9.17) is 4.98 Å². The fourth-order valence-electron chi connectivity index (χ4n) is 3.62. The van der Waals surface area contributed by atoms with Crippen molar-refractivity contribution in [3.05, 3.63) is 62.3 Å². The molecular weight excluding hydrogens is 286 g/mol. The molecule has 23 heavy (non-hydrogen) atoms. The van der Waals surface area contributed by atoms with E-state index in [2.05, 4.69) is 41.9 Å². The smallest absolute Gasteiger partial charge is 0.254 e. The number of aromatic amines is 1. The van der Waals surface area contributed by atoms with Gasteiger partial charge in [-0.2, -0.15) is 0 Å². The zero-order valence-electron chi connectivity index (χ0n) is 13.9. The van der Waals surface area contributed by atoms with Crippen LogP contribution in [0.2, 0.25) is 0 Å². The highest BCUT2D eigenvalue weighted by Crippen LogP contribution is 2.37. The van der Waals surface area contributed by atoms with Gasteiger partial charge in [0.15, 0.2) is 0 Å². The predicted octanol–water partition coefficient (Wildman–Crippen LogP) is 2.82. The molecule has 1 fully saturated rings. The van der Waals surface area contributed by atoms with Gasteiger partial charge in [-0.05, 0) is 38.7 Å². The Morgan fingerprint density at radius 3 is 2.65 bits per heavy atom. The summed E-state index contributed by atoms with van der Waals surface area (Å²) in [4.78, 5) is 22.4. The Balaban J connectivity index is 1.57. The number of nitrogens with zero attached hydrogens (tertiary/aromatic N) is 2. The third-order valence-electron chi connectivity index (χ3n) is 4.82. The molecule has 0 spiro atoms. The van der Waals surface area contributed by atoms with Crippen LogP contribution in [-0.2, 0) is 19.5 Å². The maximum Gasteiger partial charge on any atom is 0.254 e. The van der Waals surface area contributed by atoms with Gasteiger partial charge in [0.2, 0.25) is 0 Å². The molecule has 0 bridgehead atoms. The summed E-state index contributed by atoms with van der Waals surface area (Å²) in [7, 11) is 0. The number of benzene rings is 1. The number of hydrogen-bond donors (Lipinski definition) is 1. The van der Waals surface area contributed by atoms with Gasteiger partial charge < -0.3 is 4.98 Å². The van der Waals surface area contributed by atoms with Crippen molar-refractivity contribution < 1.29 is 0 Å². The Labute approximate surface area is 136 Å². The van der Waals surface area contributed by atoms with E-state index in [9.17, 15) is 4.79 Å². The Morgan fingerprint density at radius 2 is 1.96 bits per heavy atom. The maximum atomic E-state index is 12.3. The monoisotopic (exact) mass is 309 g/mol. The van der Waals surface area contributed by atoms with Crippen molar-refractivity contribution in [2.45, 2.75) is 52.1 Å². The molecule has 0 unspecified atom stereocenters. The average molecular weight is 309 g/mol. The van der Waals surface area contributed by atoms with Crippen molar-refractivity contribution in [2.75, 3.05) is 6.54 Å². The lowest BCUT2D eigenvalue weighted by molar-refractivity contribution is 0.240. The summed E-state index contributed by atoms with van der Waals surface area (Å²) in [6, 6.07) is 6.71. The number of aromatic nitrogens is 2. The summed E-state index contributed by atoms with van der Waals surface area (Å²) >= 11 is 0. The number of fused-ring (bicyclic) bond motifs is 1. The molecule has 1 aliphatic heterocycles. The molecule has 4 nitrogen and oxygen atoms in total. The second-order valence-electron chi connectivity index (χ2n) is 7.11. The van der Waals surface area contributed by atoms with Crippen LogP contribution in [0.1, 0.15) is 52.5 Å². The molecule has 0 saturated heterocycles. The molecule has 0 atom stereocenters. The fraction of sp³-hybridized carbons (Fsp3) is 0.474. The van der Waals surface area contributed by atoms with E-state index in [1.807, 2.05) is 0 Å². The van der Waals surface area contributed by atoms with Gasteiger partial charge in [0.05, 0.1) is 5.69 Å². The van der Waals surface area contributed by atoms with E-state index in [-0.39, 0.29) is 5.56 Å². The highest BCUT2D eigenvalue weighted by Gasteiger charge is 2.29. The first-order valence-corrected chi connectivity index (χ1v) is 8.50. The van der Waals surface area contributed by atoms with Crippen LogP contribution in [0, 0.1) is 13.8 Å². The Hall–Kier alpha value is -1.94. The normalized spacial score (nSPS) is 18.0. The molecule has 0 radical (unpaired) electrons. The molecule has 4 heteroatoms. The van der Waals surface area contributed by atoms with Crippen LogP contribution in [0.4, 0.5) is 0 Å². The summed E-state index contributed by atoms with van der Waals surface area (Å²) in [5.41, 5.74) is 5.93. The van der Waals surface area contributed by atoms with Gasteiger partial charge in [0.1, 0.15) is 5.82 Å². The summed E-state index contributed by atoms with van der Waals surface area (Å²) in [6.45, 7) is 6.92. The van der Waals surface area contributed by atoms with E-state index in [0.717, 1.165) is 56.0 Å². The van der Waals surface area contributed by atoms with Gasteiger partial charge in [-0.15, -0.1) is 0 Å². The van der Waals surface area contributed by atoms with Crippen LogP contribution in [0.25, 0.3) is 0 Å². The lowest BCUT2D eigenvalue weighted by atomic mass is 10.0. The first-order chi connectivity index (χ1) is 11.1. The first-order valence-electron chi connectivity index (χ1n) is 8.50. The van der Waals surface area contributed by atoms with Gasteiger partial charge in [0.25, 0.3) is 5.56 Å². The number of aryl methyl sites for hydroxylation is 2. The van der Waals surface area contributed by atoms with E-state index in [0.29, 0.717) is 5.92 Å². The summed E-state index contributed by atoms with van der Waals surface area (Å²) in [5.74, 6) is 1.39. The number of nitrogens with one attached hydrogen (secondary N) is 1. The van der Waals surface area contributed by atoms with Gasteiger partial charge in [0, 0.05) is 31.1 Å². The molecule has 4 rings (SSSR count). The standard InChI is InChI=1S/C19H23N3O/c1-12-7-13(2)9-14(8-12)10-22-6-5-16-17(11-22)20-18(15-3-4-15)21-19(16)23/h7-9,15H,3-6,10-11H2,1-2H3,(H,20,21,23). The highest BCUT2D eigenvalue weighted by atomic mass is 16.1. The molecular formula is C19H23N3O. The van der Waals surface area contributed by atoms with Crippen molar-refractivity contribution >= 4 is 0 Å². The minimum absolute atomic E-state index is 0.0861. The zero-order valence-corrected chi connectivity index (χ0v) is 13.9. The summed E-state index contributed by atoms with van der Waals surface area (Å²) in [5, 5.41) is 0. The third-order valence-corrected chi connectivity index (χ3v) is 4.82. The highest BCUT2D eigenvalue weighted by molar-refractivity contribution is 5.29. The predicted molar refractivity (Wildman–Crippen MR) is 90.6 cm³/mol. The van der Waals surface area contributed by atoms with Crippen molar-refractivity contribution in [3.8, 4) is 0 Å². The fourth-order valence-corrected chi connectivity index (χ4v) is 3.62. The van der Waals surface area contributed by atoms with Crippen LogP contribution in [0.15, 0.2) is 23.0 Å². The van der Waals surface area contributed by atoms with E-state index in [1.54, 1.807) is 0 Å². The number of rotatable bonds is 3. The number of H-pyrrole nitrogens is 1. The van der Waals surface area contributed by atoms with Crippen molar-refractivity contribution in [3.63, 3.8) is 0 Å². The van der Waals surface area contributed by atoms with E-state index >= 15 is 0 Å². The average Bonchev–Trinajstić information content (AvgIpc) is 3.30. The SMILES string of the molecule is Cc1cc(C)cc(CN2CCc3c(nc(C4CC4)[nH]c3=O)C2)c1. The van der Waals surface area contributed by atoms with Crippen molar-refractivity contribution in [2.24, 2.45) is 0 Å². The van der Waals surface area contributed by atoms with Crippen LogP contribution in [-0.4, -0.2) is 21.4 Å². The summed E-state index contributed by atoms with van der Waals surface area (Å²) < 4.78 is 0. The topological polar surface area (TPSA) is 49.0 Å². The molecule has 2 aliphatic rings. The minimum atomic E-state index is 0.0861. The Morgan fingerprint density at radius 1 is 1.22 bits per heavy atom. The minimum Gasteiger partial charge on any atom is -0.310 e. The lowest BCUT2D eigenvalue weighted by Crippen LogP contribution is -2.35. The van der Waals surface area contributed by atoms with Gasteiger partial charge in [-0.3, -0.25) is 9.69 Å². The van der Waals surface area contributed by atoms with E-state index in [1.165, 1.54) is 16.7 Å². The van der Waals surface area contributed by atoms with Crippen LogP contribution < -0.4 is 5.56 Å². The maximum absolute atomic E-state index is 12.3. The molecule has 1 aromatic carbocycles. The molecule has 1 saturated carbocycles.